The molecule has 6 heteroatoms. The highest BCUT2D eigenvalue weighted by molar-refractivity contribution is 6.25. The van der Waals surface area contributed by atoms with E-state index in [9.17, 15) is 19.2 Å². The molecule has 2 saturated heterocycles. The number of benzene rings is 3. The van der Waals surface area contributed by atoms with Gasteiger partial charge in [-0.2, -0.15) is 0 Å². The van der Waals surface area contributed by atoms with Crippen LogP contribution < -0.4 is 9.80 Å². The SMILES string of the molecule is CC(=O)c1ccc(N2C(=O)[C@@H]3[C@H](C2=O)[C@H]2C=Cc4ccccc4N2[C@@H]3C(=O)c2ccccc2)cc1. The number of carbonyl (C=O) groups is 4. The van der Waals surface area contributed by atoms with E-state index in [4.69, 9.17) is 0 Å². The first-order chi connectivity index (χ1) is 17.0. The monoisotopic (exact) mass is 462 g/mol. The number of amides is 2. The van der Waals surface area contributed by atoms with E-state index in [1.807, 2.05) is 47.4 Å². The van der Waals surface area contributed by atoms with Gasteiger partial charge in [-0.25, -0.2) is 4.90 Å². The number of Topliss-reactive ketones (excluding diaryl/α,β-unsaturated/α-hetero) is 2. The van der Waals surface area contributed by atoms with Crippen LogP contribution in [0.5, 0.6) is 0 Å². The Bertz CT molecular complexity index is 1410. The molecule has 3 aromatic carbocycles. The number of rotatable bonds is 4. The molecular weight excluding hydrogens is 440 g/mol. The van der Waals surface area contributed by atoms with Crippen LogP contribution in [0.15, 0.2) is 84.9 Å². The molecule has 0 spiro atoms. The normalized spacial score (nSPS) is 24.3. The second-order valence-corrected chi connectivity index (χ2v) is 9.16. The van der Waals surface area contributed by atoms with Crippen molar-refractivity contribution in [2.75, 3.05) is 9.80 Å². The highest BCUT2D eigenvalue weighted by Gasteiger charge is 2.64. The third-order valence-electron chi connectivity index (χ3n) is 7.27. The van der Waals surface area contributed by atoms with Gasteiger partial charge < -0.3 is 4.90 Å². The summed E-state index contributed by atoms with van der Waals surface area (Å²) in [4.78, 5) is 56.3. The Balaban J connectivity index is 1.47. The van der Waals surface area contributed by atoms with Gasteiger partial charge in [0.05, 0.1) is 23.6 Å². The van der Waals surface area contributed by atoms with E-state index >= 15 is 0 Å². The minimum absolute atomic E-state index is 0.0948. The second-order valence-electron chi connectivity index (χ2n) is 9.16. The number of ketones is 2. The van der Waals surface area contributed by atoms with Crippen LogP contribution in [-0.4, -0.2) is 35.5 Å². The summed E-state index contributed by atoms with van der Waals surface area (Å²) >= 11 is 0. The average molecular weight is 463 g/mol. The van der Waals surface area contributed by atoms with Crippen molar-refractivity contribution in [2.24, 2.45) is 11.8 Å². The van der Waals surface area contributed by atoms with E-state index in [0.29, 0.717) is 16.8 Å². The zero-order valence-corrected chi connectivity index (χ0v) is 19.0. The summed E-state index contributed by atoms with van der Waals surface area (Å²) in [6.45, 7) is 1.47. The van der Waals surface area contributed by atoms with E-state index in [1.165, 1.54) is 11.8 Å². The van der Waals surface area contributed by atoms with Crippen LogP contribution in [-0.2, 0) is 9.59 Å². The van der Waals surface area contributed by atoms with Gasteiger partial charge in [-0.05, 0) is 42.8 Å². The number of fused-ring (bicyclic) bond motifs is 5. The largest absolute Gasteiger partial charge is 0.352 e. The summed E-state index contributed by atoms with van der Waals surface area (Å²) in [6, 6.07) is 21.9. The Kier molecular flexibility index (Phi) is 4.78. The number of carbonyl (C=O) groups excluding carboxylic acids is 4. The highest BCUT2D eigenvalue weighted by atomic mass is 16.2. The van der Waals surface area contributed by atoms with Gasteiger partial charge in [-0.3, -0.25) is 19.2 Å². The quantitative estimate of drug-likeness (QED) is 0.430. The van der Waals surface area contributed by atoms with Crippen LogP contribution in [0, 0.1) is 11.8 Å². The van der Waals surface area contributed by atoms with Crippen molar-refractivity contribution < 1.29 is 19.2 Å². The molecule has 6 rings (SSSR count). The van der Waals surface area contributed by atoms with Crippen LogP contribution in [0.3, 0.4) is 0 Å². The third-order valence-corrected chi connectivity index (χ3v) is 7.27. The van der Waals surface area contributed by atoms with Crippen LogP contribution in [0.1, 0.15) is 33.2 Å². The first-order valence-electron chi connectivity index (χ1n) is 11.6. The molecule has 3 aliphatic rings. The zero-order valence-electron chi connectivity index (χ0n) is 19.0. The summed E-state index contributed by atoms with van der Waals surface area (Å²) in [5.41, 5.74) is 3.22. The van der Waals surface area contributed by atoms with Crippen molar-refractivity contribution in [2.45, 2.75) is 19.0 Å². The molecule has 0 N–H and O–H groups in total. The van der Waals surface area contributed by atoms with Gasteiger partial charge in [0.1, 0.15) is 6.04 Å². The topological polar surface area (TPSA) is 74.8 Å². The van der Waals surface area contributed by atoms with E-state index in [0.717, 1.165) is 11.3 Å². The number of anilines is 2. The Labute approximate surface area is 202 Å². The Morgan fingerprint density at radius 1 is 0.743 bits per heavy atom. The van der Waals surface area contributed by atoms with Crippen LogP contribution in [0.2, 0.25) is 0 Å². The fraction of sp³-hybridized carbons (Fsp3) is 0.172. The van der Waals surface area contributed by atoms with Crippen molar-refractivity contribution >= 4 is 40.8 Å². The minimum Gasteiger partial charge on any atom is -0.352 e. The molecule has 2 fully saturated rings. The summed E-state index contributed by atoms with van der Waals surface area (Å²) in [6.07, 6.45) is 3.90. The zero-order chi connectivity index (χ0) is 24.3. The molecule has 172 valence electrons. The van der Waals surface area contributed by atoms with Gasteiger partial charge in [0.25, 0.3) is 0 Å². The molecule has 3 aromatic rings. The lowest BCUT2D eigenvalue weighted by molar-refractivity contribution is -0.122. The predicted octanol–water partition coefficient (Wildman–Crippen LogP) is 4.16. The lowest BCUT2D eigenvalue weighted by Crippen LogP contribution is -2.48. The third kappa shape index (κ3) is 3.10. The van der Waals surface area contributed by atoms with Crippen molar-refractivity contribution in [3.8, 4) is 0 Å². The number of imide groups is 1. The molecule has 6 nitrogen and oxygen atoms in total. The Morgan fingerprint density at radius 3 is 2.11 bits per heavy atom. The van der Waals surface area contributed by atoms with Crippen molar-refractivity contribution in [1.82, 2.24) is 0 Å². The minimum atomic E-state index is -0.816. The maximum Gasteiger partial charge on any atom is 0.240 e. The molecule has 0 aromatic heterocycles. The first kappa shape index (κ1) is 21.2. The van der Waals surface area contributed by atoms with E-state index in [2.05, 4.69) is 0 Å². The van der Waals surface area contributed by atoms with Gasteiger partial charge in [-0.15, -0.1) is 0 Å². The number of nitrogens with zero attached hydrogens (tertiary/aromatic N) is 2. The first-order valence-corrected chi connectivity index (χ1v) is 11.6. The molecule has 2 amide bonds. The molecule has 0 radical (unpaired) electrons. The lowest BCUT2D eigenvalue weighted by atomic mass is 9.86. The predicted molar refractivity (Wildman–Crippen MR) is 132 cm³/mol. The molecule has 0 saturated carbocycles. The average Bonchev–Trinajstić information content (AvgIpc) is 3.37. The maximum atomic E-state index is 13.9. The molecule has 0 aliphatic carbocycles. The van der Waals surface area contributed by atoms with E-state index < -0.39 is 23.9 Å². The Hall–Kier alpha value is -4.32. The van der Waals surface area contributed by atoms with Crippen LogP contribution in [0.25, 0.3) is 6.08 Å². The standard InChI is InChI=1S/C29H22N2O4/c1-17(32)18-11-14-21(15-12-18)30-28(34)24-23-16-13-19-7-5-6-10-22(19)31(23)26(25(24)29(30)35)27(33)20-8-3-2-4-9-20/h2-16,23-26H,1H3/t23-,24-,25-,26+/m1/s1. The molecule has 35 heavy (non-hydrogen) atoms. The second kappa shape index (κ2) is 7.87. The van der Waals surface area contributed by atoms with Crippen LogP contribution in [0.4, 0.5) is 11.4 Å². The molecule has 0 bridgehead atoms. The fourth-order valence-electron chi connectivity index (χ4n) is 5.69. The van der Waals surface area contributed by atoms with Crippen molar-refractivity contribution in [1.29, 1.82) is 0 Å². The lowest BCUT2D eigenvalue weighted by Gasteiger charge is -2.36. The van der Waals surface area contributed by atoms with Gasteiger partial charge in [-0.1, -0.05) is 60.7 Å². The van der Waals surface area contributed by atoms with Gasteiger partial charge in [0.15, 0.2) is 11.6 Å². The molecule has 4 atom stereocenters. The van der Waals surface area contributed by atoms with E-state index in [1.54, 1.807) is 48.5 Å². The van der Waals surface area contributed by atoms with Gasteiger partial charge in [0, 0.05) is 16.8 Å². The molecule has 3 aliphatic heterocycles. The number of hydrogen-bond acceptors (Lipinski definition) is 5. The van der Waals surface area contributed by atoms with Crippen molar-refractivity contribution in [3.63, 3.8) is 0 Å². The van der Waals surface area contributed by atoms with Crippen LogP contribution >= 0.6 is 0 Å². The summed E-state index contributed by atoms with van der Waals surface area (Å²) in [5.74, 6) is -2.48. The van der Waals surface area contributed by atoms with Gasteiger partial charge in [0.2, 0.25) is 11.8 Å². The van der Waals surface area contributed by atoms with E-state index in [-0.39, 0.29) is 23.4 Å². The summed E-state index contributed by atoms with van der Waals surface area (Å²) < 4.78 is 0. The maximum absolute atomic E-state index is 13.9. The van der Waals surface area contributed by atoms with Gasteiger partial charge >= 0.3 is 0 Å². The molecule has 3 heterocycles. The Morgan fingerprint density at radius 2 is 1.40 bits per heavy atom. The molecular formula is C29H22N2O4. The molecule has 0 unspecified atom stereocenters. The number of para-hydroxylation sites is 1. The number of hydrogen-bond donors (Lipinski definition) is 0. The smallest absolute Gasteiger partial charge is 0.240 e. The highest BCUT2D eigenvalue weighted by Crippen LogP contribution is 2.49. The van der Waals surface area contributed by atoms with Crippen molar-refractivity contribution in [3.05, 3.63) is 102 Å². The summed E-state index contributed by atoms with van der Waals surface area (Å²) in [7, 11) is 0. The summed E-state index contributed by atoms with van der Waals surface area (Å²) in [5, 5.41) is 0. The fourth-order valence-corrected chi connectivity index (χ4v) is 5.69.